The molecule has 0 radical (unpaired) electrons. The molecule has 2 unspecified atom stereocenters. The van der Waals surface area contributed by atoms with E-state index in [9.17, 15) is 23.7 Å². The average molecular weight is 363 g/mol. The largest absolute Gasteiger partial charge is 0.351 e. The van der Waals surface area contributed by atoms with Crippen molar-refractivity contribution in [3.8, 4) is 0 Å². The Hall–Kier alpha value is -1.57. The Balaban J connectivity index is 2.14. The smallest absolute Gasteiger partial charge is 0.285 e. The van der Waals surface area contributed by atoms with E-state index < -0.39 is 33.7 Å². The number of halogens is 3. The van der Waals surface area contributed by atoms with Gasteiger partial charge in [0.1, 0.15) is 5.56 Å². The second-order valence-electron chi connectivity index (χ2n) is 4.96. The molecule has 1 aliphatic carbocycles. The molecule has 1 aromatic carbocycles. The van der Waals surface area contributed by atoms with Gasteiger partial charge in [0.25, 0.3) is 11.6 Å². The Morgan fingerprint density at radius 2 is 2.05 bits per heavy atom. The van der Waals surface area contributed by atoms with Crippen molar-refractivity contribution in [2.75, 3.05) is 6.54 Å². The topological polar surface area (TPSA) is 72.2 Å². The van der Waals surface area contributed by atoms with Gasteiger partial charge < -0.3 is 5.32 Å². The van der Waals surface area contributed by atoms with Crippen molar-refractivity contribution < 1.29 is 18.5 Å². The summed E-state index contributed by atoms with van der Waals surface area (Å²) in [7, 11) is 0. The van der Waals surface area contributed by atoms with Crippen molar-refractivity contribution in [3.05, 3.63) is 39.4 Å². The number of rotatable bonds is 4. The van der Waals surface area contributed by atoms with Gasteiger partial charge >= 0.3 is 0 Å². The number of hydrogen-bond acceptors (Lipinski definition) is 3. The number of benzene rings is 1. The summed E-state index contributed by atoms with van der Waals surface area (Å²) in [6.07, 6.45) is 2.99. The minimum atomic E-state index is -1.35. The van der Waals surface area contributed by atoms with E-state index in [0.29, 0.717) is 18.7 Å². The van der Waals surface area contributed by atoms with Gasteiger partial charge in [0.2, 0.25) is 0 Å². The molecule has 1 aliphatic rings. The molecular weight excluding hydrogens is 350 g/mol. The molecule has 1 N–H and O–H groups in total. The minimum absolute atomic E-state index is 0.235. The molecule has 8 heteroatoms. The lowest BCUT2D eigenvalue weighted by Gasteiger charge is -2.14. The molecule has 1 aromatic rings. The van der Waals surface area contributed by atoms with Gasteiger partial charge in [0, 0.05) is 11.4 Å². The predicted octanol–water partition coefficient (Wildman–Crippen LogP) is 3.17. The molecule has 1 amide bonds. The standard InChI is InChI=1S/C13H13BrF2N2O3/c14-9-3-1-2-7(9)6-17-13(19)8-4-10(15)11(16)5-12(8)18(20)21/h4-5,7,9H,1-3,6H2,(H,17,19). The van der Waals surface area contributed by atoms with Crippen LogP contribution in [0.5, 0.6) is 0 Å². The summed E-state index contributed by atoms with van der Waals surface area (Å²) in [5.41, 5.74) is -1.21. The van der Waals surface area contributed by atoms with Gasteiger partial charge in [-0.15, -0.1) is 0 Å². The van der Waals surface area contributed by atoms with Crippen LogP contribution in [-0.2, 0) is 0 Å². The monoisotopic (exact) mass is 362 g/mol. The van der Waals surface area contributed by atoms with Crippen molar-refractivity contribution in [1.29, 1.82) is 0 Å². The van der Waals surface area contributed by atoms with E-state index in [-0.39, 0.29) is 10.7 Å². The molecule has 1 fully saturated rings. The van der Waals surface area contributed by atoms with Crippen LogP contribution >= 0.6 is 15.9 Å². The summed E-state index contributed by atoms with van der Waals surface area (Å²) in [6, 6.07) is 0.982. The van der Waals surface area contributed by atoms with Gasteiger partial charge in [-0.05, 0) is 24.8 Å². The van der Waals surface area contributed by atoms with Crippen LogP contribution in [0.2, 0.25) is 0 Å². The van der Waals surface area contributed by atoms with Gasteiger partial charge in [-0.1, -0.05) is 22.4 Å². The summed E-state index contributed by atoms with van der Waals surface area (Å²) in [5.74, 6) is -3.18. The third-order valence-corrected chi connectivity index (χ3v) is 4.78. The normalized spacial score (nSPS) is 21.3. The number of amides is 1. The number of hydrogen-bond donors (Lipinski definition) is 1. The Labute approximate surface area is 128 Å². The highest BCUT2D eigenvalue weighted by atomic mass is 79.9. The van der Waals surface area contributed by atoms with Crippen molar-refractivity contribution in [1.82, 2.24) is 5.32 Å². The van der Waals surface area contributed by atoms with E-state index in [1.54, 1.807) is 0 Å². The molecule has 114 valence electrons. The molecule has 21 heavy (non-hydrogen) atoms. The van der Waals surface area contributed by atoms with Gasteiger partial charge in [0.05, 0.1) is 11.0 Å². The third kappa shape index (κ3) is 3.55. The average Bonchev–Trinajstić information content (AvgIpc) is 2.84. The summed E-state index contributed by atoms with van der Waals surface area (Å²) >= 11 is 3.50. The van der Waals surface area contributed by atoms with E-state index in [1.165, 1.54) is 0 Å². The lowest BCUT2D eigenvalue weighted by atomic mass is 10.1. The fourth-order valence-corrected chi connectivity index (χ4v) is 3.18. The highest BCUT2D eigenvalue weighted by Crippen LogP contribution is 2.31. The number of alkyl halides is 1. The SMILES string of the molecule is O=C(NCC1CCCC1Br)c1cc(F)c(F)cc1[N+](=O)[O-]. The number of nitro benzene ring substituents is 1. The van der Waals surface area contributed by atoms with Crippen LogP contribution in [0, 0.1) is 27.7 Å². The summed E-state index contributed by atoms with van der Waals surface area (Å²) < 4.78 is 26.2. The minimum Gasteiger partial charge on any atom is -0.351 e. The highest BCUT2D eigenvalue weighted by Gasteiger charge is 2.27. The van der Waals surface area contributed by atoms with Gasteiger partial charge in [-0.3, -0.25) is 14.9 Å². The van der Waals surface area contributed by atoms with Crippen LogP contribution < -0.4 is 5.32 Å². The number of nitrogens with one attached hydrogen (secondary N) is 1. The van der Waals surface area contributed by atoms with E-state index in [1.807, 2.05) is 0 Å². The Kier molecular flexibility index (Phi) is 4.87. The van der Waals surface area contributed by atoms with Crippen molar-refractivity contribution >= 4 is 27.5 Å². The quantitative estimate of drug-likeness (QED) is 0.507. The lowest BCUT2D eigenvalue weighted by molar-refractivity contribution is -0.385. The second-order valence-corrected chi connectivity index (χ2v) is 6.13. The third-order valence-electron chi connectivity index (χ3n) is 3.57. The number of nitrogens with zero attached hydrogens (tertiary/aromatic N) is 1. The maximum absolute atomic E-state index is 13.2. The Bertz CT molecular complexity index is 583. The number of carbonyl (C=O) groups is 1. The first-order valence-corrected chi connectivity index (χ1v) is 7.37. The zero-order valence-electron chi connectivity index (χ0n) is 10.9. The Morgan fingerprint density at radius 1 is 1.38 bits per heavy atom. The van der Waals surface area contributed by atoms with Crippen LogP contribution in [0.4, 0.5) is 14.5 Å². The van der Waals surface area contributed by atoms with Crippen LogP contribution in [0.3, 0.4) is 0 Å². The first kappa shape index (κ1) is 15.8. The van der Waals surface area contributed by atoms with Crippen LogP contribution in [-0.4, -0.2) is 22.2 Å². The summed E-state index contributed by atoms with van der Waals surface area (Å²) in [6.45, 7) is 0.338. The first-order chi connectivity index (χ1) is 9.90. The van der Waals surface area contributed by atoms with E-state index in [0.717, 1.165) is 19.3 Å². The van der Waals surface area contributed by atoms with Crippen LogP contribution in [0.15, 0.2) is 12.1 Å². The summed E-state index contributed by atoms with van der Waals surface area (Å²) in [5, 5.41) is 13.4. The molecule has 2 rings (SSSR count). The Morgan fingerprint density at radius 3 is 2.62 bits per heavy atom. The molecule has 0 aliphatic heterocycles. The molecule has 0 aromatic heterocycles. The molecule has 0 bridgehead atoms. The van der Waals surface area contributed by atoms with Crippen molar-refractivity contribution in [3.63, 3.8) is 0 Å². The number of nitro groups is 1. The van der Waals surface area contributed by atoms with E-state index in [2.05, 4.69) is 21.2 Å². The number of carbonyl (C=O) groups excluding carboxylic acids is 1. The molecule has 0 saturated heterocycles. The molecule has 0 heterocycles. The van der Waals surface area contributed by atoms with Gasteiger partial charge in [-0.25, -0.2) is 8.78 Å². The zero-order valence-corrected chi connectivity index (χ0v) is 12.5. The van der Waals surface area contributed by atoms with Crippen LogP contribution in [0.1, 0.15) is 29.6 Å². The van der Waals surface area contributed by atoms with Crippen LogP contribution in [0.25, 0.3) is 0 Å². The van der Waals surface area contributed by atoms with Crippen molar-refractivity contribution in [2.45, 2.75) is 24.1 Å². The molecular formula is C13H13BrF2N2O3. The maximum atomic E-state index is 13.2. The first-order valence-electron chi connectivity index (χ1n) is 6.46. The fraction of sp³-hybridized carbons (Fsp3) is 0.462. The van der Waals surface area contributed by atoms with Crippen molar-refractivity contribution in [2.24, 2.45) is 5.92 Å². The molecule has 2 atom stereocenters. The second kappa shape index (κ2) is 6.46. The fourth-order valence-electron chi connectivity index (χ4n) is 2.41. The molecule has 1 saturated carbocycles. The molecule has 5 nitrogen and oxygen atoms in total. The van der Waals surface area contributed by atoms with E-state index >= 15 is 0 Å². The lowest BCUT2D eigenvalue weighted by Crippen LogP contribution is -2.31. The van der Waals surface area contributed by atoms with Gasteiger partial charge in [0.15, 0.2) is 11.6 Å². The molecule has 0 spiro atoms. The van der Waals surface area contributed by atoms with Gasteiger partial charge in [-0.2, -0.15) is 0 Å². The zero-order chi connectivity index (χ0) is 15.6. The predicted molar refractivity (Wildman–Crippen MR) is 75.4 cm³/mol. The van der Waals surface area contributed by atoms with E-state index in [4.69, 9.17) is 0 Å². The summed E-state index contributed by atoms with van der Waals surface area (Å²) in [4.78, 5) is 22.2. The highest BCUT2D eigenvalue weighted by molar-refractivity contribution is 9.09. The maximum Gasteiger partial charge on any atom is 0.285 e.